The summed E-state index contributed by atoms with van der Waals surface area (Å²) in [5, 5.41) is 6.29. The monoisotopic (exact) mass is 499 g/mol. The van der Waals surface area contributed by atoms with Gasteiger partial charge in [-0.25, -0.2) is 18.4 Å². The van der Waals surface area contributed by atoms with Gasteiger partial charge < -0.3 is 19.9 Å². The first-order valence-electron chi connectivity index (χ1n) is 12.4. The molecular formula is C26H37N5O3S. The first kappa shape index (κ1) is 25.6. The van der Waals surface area contributed by atoms with Crippen molar-refractivity contribution in [3.05, 3.63) is 42.4 Å². The Balaban J connectivity index is 1.66. The molecular weight excluding hydrogens is 462 g/mol. The highest BCUT2D eigenvalue weighted by Crippen LogP contribution is 2.31. The van der Waals surface area contributed by atoms with Crippen molar-refractivity contribution >= 4 is 26.7 Å². The number of ether oxygens (including phenoxy) is 1. The van der Waals surface area contributed by atoms with Crippen LogP contribution in [0, 0.1) is 5.92 Å². The molecule has 0 radical (unpaired) electrons. The van der Waals surface area contributed by atoms with E-state index in [1.54, 1.807) is 24.3 Å². The standard InChI is InChI=1S/C26H37N5O3S/c1-26(2,3)25-30-22-16-20(6-7-23(22)31(25)18-19-9-14-34-15-10-19)35(32,33)21-8-13-29-24(17-21)28-12-5-11-27-4/h6-8,13,16-17,19,27H,5,9-12,14-15,18H2,1-4H3,(H,28,29). The summed E-state index contributed by atoms with van der Waals surface area (Å²) in [4.78, 5) is 9.67. The third-order valence-electron chi connectivity index (χ3n) is 6.43. The molecule has 2 aromatic heterocycles. The first-order valence-corrected chi connectivity index (χ1v) is 13.9. The maximum atomic E-state index is 13.5. The molecule has 1 aliphatic rings. The zero-order chi connectivity index (χ0) is 25.1. The highest BCUT2D eigenvalue weighted by molar-refractivity contribution is 7.91. The number of hydrogen-bond donors (Lipinski definition) is 2. The van der Waals surface area contributed by atoms with Crippen molar-refractivity contribution in [1.82, 2.24) is 19.9 Å². The second kappa shape index (κ2) is 10.6. The van der Waals surface area contributed by atoms with Crippen LogP contribution < -0.4 is 10.6 Å². The van der Waals surface area contributed by atoms with E-state index in [1.807, 2.05) is 13.1 Å². The van der Waals surface area contributed by atoms with Gasteiger partial charge in [0.25, 0.3) is 0 Å². The third-order valence-corrected chi connectivity index (χ3v) is 8.18. The molecule has 0 bridgehead atoms. The molecule has 8 nitrogen and oxygen atoms in total. The predicted octanol–water partition coefficient (Wildman–Crippen LogP) is 4.01. The van der Waals surface area contributed by atoms with Gasteiger partial charge in [-0.05, 0) is 69.1 Å². The lowest BCUT2D eigenvalue weighted by Crippen LogP contribution is -2.25. The van der Waals surface area contributed by atoms with Crippen molar-refractivity contribution in [2.75, 3.05) is 38.7 Å². The van der Waals surface area contributed by atoms with Crippen molar-refractivity contribution < 1.29 is 13.2 Å². The van der Waals surface area contributed by atoms with Crippen molar-refractivity contribution in [1.29, 1.82) is 0 Å². The highest BCUT2D eigenvalue weighted by Gasteiger charge is 2.27. The summed E-state index contributed by atoms with van der Waals surface area (Å²) in [5.74, 6) is 2.06. The van der Waals surface area contributed by atoms with E-state index in [-0.39, 0.29) is 15.2 Å². The minimum atomic E-state index is -3.71. The van der Waals surface area contributed by atoms with Crippen molar-refractivity contribution in [3.63, 3.8) is 0 Å². The Kier molecular flexibility index (Phi) is 7.78. The van der Waals surface area contributed by atoms with Crippen LogP contribution in [-0.2, 0) is 26.5 Å². The number of hydrogen-bond acceptors (Lipinski definition) is 7. The van der Waals surface area contributed by atoms with Crippen molar-refractivity contribution in [2.45, 2.75) is 61.8 Å². The Morgan fingerprint density at radius 2 is 1.83 bits per heavy atom. The maximum absolute atomic E-state index is 13.5. The van der Waals surface area contributed by atoms with Gasteiger partial charge in [0.05, 0.1) is 20.8 Å². The van der Waals surface area contributed by atoms with Gasteiger partial charge in [0.15, 0.2) is 0 Å². The largest absolute Gasteiger partial charge is 0.381 e. The second-order valence-corrected chi connectivity index (χ2v) is 12.2. The molecule has 190 valence electrons. The van der Waals surface area contributed by atoms with Crippen LogP contribution in [0.15, 0.2) is 46.3 Å². The van der Waals surface area contributed by atoms with Crippen LogP contribution >= 0.6 is 0 Å². The van der Waals surface area contributed by atoms with Gasteiger partial charge in [-0.1, -0.05) is 20.8 Å². The van der Waals surface area contributed by atoms with Gasteiger partial charge in [0.2, 0.25) is 9.84 Å². The molecule has 35 heavy (non-hydrogen) atoms. The molecule has 0 amide bonds. The van der Waals surface area contributed by atoms with Crippen LogP contribution in [0.4, 0.5) is 5.82 Å². The Hall–Kier alpha value is -2.49. The first-order chi connectivity index (χ1) is 16.7. The maximum Gasteiger partial charge on any atom is 0.206 e. The quantitative estimate of drug-likeness (QED) is 0.429. The number of imidazole rings is 1. The number of anilines is 1. The Labute approximate surface area is 208 Å². The molecule has 2 N–H and O–H groups in total. The van der Waals surface area contributed by atoms with Crippen LogP contribution in [0.25, 0.3) is 11.0 Å². The predicted molar refractivity (Wildman–Crippen MR) is 139 cm³/mol. The molecule has 0 saturated carbocycles. The molecule has 0 unspecified atom stereocenters. The molecule has 1 aliphatic heterocycles. The van der Waals surface area contributed by atoms with E-state index in [0.29, 0.717) is 23.8 Å². The number of benzene rings is 1. The molecule has 1 saturated heterocycles. The average molecular weight is 500 g/mol. The van der Waals surface area contributed by atoms with Crippen LogP contribution in [0.3, 0.4) is 0 Å². The van der Waals surface area contributed by atoms with Gasteiger partial charge in [-0.2, -0.15) is 0 Å². The lowest BCUT2D eigenvalue weighted by Gasteiger charge is -2.26. The molecule has 1 aromatic carbocycles. The molecule has 0 aliphatic carbocycles. The van der Waals surface area contributed by atoms with Gasteiger partial charge in [-0.3, -0.25) is 0 Å². The van der Waals surface area contributed by atoms with Crippen LogP contribution in [0.5, 0.6) is 0 Å². The molecule has 0 spiro atoms. The van der Waals surface area contributed by atoms with Crippen LogP contribution in [0.1, 0.15) is 45.9 Å². The number of pyridine rings is 1. The summed E-state index contributed by atoms with van der Waals surface area (Å²) < 4.78 is 34.8. The lowest BCUT2D eigenvalue weighted by atomic mass is 9.94. The number of fused-ring (bicyclic) bond motifs is 1. The minimum absolute atomic E-state index is 0.164. The number of rotatable bonds is 9. The second-order valence-electron chi connectivity index (χ2n) is 10.3. The number of sulfone groups is 1. The molecule has 0 atom stereocenters. The van der Waals surface area contributed by atoms with E-state index >= 15 is 0 Å². The molecule has 3 aromatic rings. The molecule has 1 fully saturated rings. The van der Waals surface area contributed by atoms with Gasteiger partial charge >= 0.3 is 0 Å². The fourth-order valence-electron chi connectivity index (χ4n) is 4.51. The summed E-state index contributed by atoms with van der Waals surface area (Å²) in [6, 6.07) is 8.46. The van der Waals surface area contributed by atoms with Gasteiger partial charge in [0.1, 0.15) is 11.6 Å². The van der Waals surface area contributed by atoms with Crippen LogP contribution in [0.2, 0.25) is 0 Å². The fraction of sp³-hybridized carbons (Fsp3) is 0.538. The van der Waals surface area contributed by atoms with E-state index in [9.17, 15) is 8.42 Å². The molecule has 3 heterocycles. The summed E-state index contributed by atoms with van der Waals surface area (Å²) >= 11 is 0. The highest BCUT2D eigenvalue weighted by atomic mass is 32.2. The summed E-state index contributed by atoms with van der Waals surface area (Å²) in [5.41, 5.74) is 1.52. The van der Waals surface area contributed by atoms with E-state index in [1.165, 1.54) is 6.20 Å². The number of nitrogens with one attached hydrogen (secondary N) is 2. The Bertz CT molecular complexity index is 1260. The summed E-state index contributed by atoms with van der Waals surface area (Å²) in [6.45, 7) is 10.5. The van der Waals surface area contributed by atoms with Gasteiger partial charge in [-0.15, -0.1) is 0 Å². The molecule has 4 rings (SSSR count). The summed E-state index contributed by atoms with van der Waals surface area (Å²) in [7, 11) is -1.81. The van der Waals surface area contributed by atoms with Crippen molar-refractivity contribution in [2.24, 2.45) is 5.92 Å². The molecule has 9 heteroatoms. The average Bonchev–Trinajstić information content (AvgIpc) is 3.21. The smallest absolute Gasteiger partial charge is 0.206 e. The third kappa shape index (κ3) is 5.85. The number of nitrogens with zero attached hydrogens (tertiary/aromatic N) is 3. The number of aromatic nitrogens is 3. The lowest BCUT2D eigenvalue weighted by molar-refractivity contribution is 0.0611. The zero-order valence-corrected chi connectivity index (χ0v) is 22.0. The SMILES string of the molecule is CNCCCNc1cc(S(=O)(=O)c2ccc3c(c2)nc(C(C)(C)C)n3CC2CCOCC2)ccn1. The minimum Gasteiger partial charge on any atom is -0.381 e. The topological polar surface area (TPSA) is 98.1 Å². The zero-order valence-electron chi connectivity index (χ0n) is 21.2. The Morgan fingerprint density at radius 1 is 1.09 bits per heavy atom. The van der Waals surface area contributed by atoms with Gasteiger partial charge in [0, 0.05) is 37.9 Å². The fourth-order valence-corrected chi connectivity index (χ4v) is 5.81. The van der Waals surface area contributed by atoms with E-state index in [4.69, 9.17) is 9.72 Å². The van der Waals surface area contributed by atoms with E-state index in [0.717, 1.165) is 56.9 Å². The van der Waals surface area contributed by atoms with E-state index in [2.05, 4.69) is 41.0 Å². The van der Waals surface area contributed by atoms with Crippen LogP contribution in [-0.4, -0.2) is 56.3 Å². The normalized spacial score (nSPS) is 15.5. The summed E-state index contributed by atoms with van der Waals surface area (Å²) in [6.07, 6.45) is 4.51. The Morgan fingerprint density at radius 3 is 2.54 bits per heavy atom. The van der Waals surface area contributed by atoms with E-state index < -0.39 is 9.84 Å². The van der Waals surface area contributed by atoms with Crippen molar-refractivity contribution in [3.8, 4) is 0 Å².